The predicted molar refractivity (Wildman–Crippen MR) is 82.8 cm³/mol. The van der Waals surface area contributed by atoms with E-state index in [1.165, 1.54) is 0 Å². The quantitative estimate of drug-likeness (QED) is 0.872. The van der Waals surface area contributed by atoms with Crippen LogP contribution in [0.3, 0.4) is 0 Å². The van der Waals surface area contributed by atoms with Crippen molar-refractivity contribution in [3.8, 4) is 0 Å². The third-order valence-corrected chi connectivity index (χ3v) is 4.37. The number of carbonyl (C=O) groups is 1. The predicted octanol–water partition coefficient (Wildman–Crippen LogP) is 3.04. The van der Waals surface area contributed by atoms with E-state index in [4.69, 9.17) is 16.1 Å². The largest absolute Gasteiger partial charge is 0.345 e. The van der Waals surface area contributed by atoms with E-state index in [0.717, 1.165) is 31.4 Å². The molecule has 1 aromatic heterocycles. The standard InChI is InChI=1S/C16H18ClN3O2/c1-20-9-5-4-7-12(16(20)21)15-18-14(19-22-15)10-11-6-2-3-8-13(11)17/h2-3,6,8,12H,4-5,7,9-10H2,1H3. The number of likely N-dealkylation sites (tertiary alicyclic amines) is 1. The van der Waals surface area contributed by atoms with Crippen molar-refractivity contribution in [2.24, 2.45) is 0 Å². The van der Waals surface area contributed by atoms with Gasteiger partial charge >= 0.3 is 0 Å². The summed E-state index contributed by atoms with van der Waals surface area (Å²) in [5, 5.41) is 4.68. The van der Waals surface area contributed by atoms with E-state index in [2.05, 4.69) is 10.1 Å². The van der Waals surface area contributed by atoms with Gasteiger partial charge in [0, 0.05) is 25.0 Å². The third kappa shape index (κ3) is 3.14. The fraction of sp³-hybridized carbons (Fsp3) is 0.438. The molecule has 6 heteroatoms. The number of hydrogen-bond acceptors (Lipinski definition) is 4. The van der Waals surface area contributed by atoms with Crippen LogP contribution in [-0.2, 0) is 11.2 Å². The molecule has 1 unspecified atom stereocenters. The van der Waals surface area contributed by atoms with Crippen LogP contribution >= 0.6 is 11.6 Å². The molecule has 2 aromatic rings. The summed E-state index contributed by atoms with van der Waals surface area (Å²) in [6, 6.07) is 7.57. The zero-order valence-electron chi connectivity index (χ0n) is 12.5. The first-order valence-corrected chi connectivity index (χ1v) is 7.84. The zero-order valence-corrected chi connectivity index (χ0v) is 13.2. The SMILES string of the molecule is CN1CCCCC(c2nc(Cc3ccccc3Cl)no2)C1=O. The number of amides is 1. The molecule has 0 N–H and O–H groups in total. The lowest BCUT2D eigenvalue weighted by atomic mass is 10.0. The van der Waals surface area contributed by atoms with Gasteiger partial charge in [-0.15, -0.1) is 0 Å². The summed E-state index contributed by atoms with van der Waals surface area (Å²) < 4.78 is 5.34. The molecule has 5 nitrogen and oxygen atoms in total. The minimum absolute atomic E-state index is 0.0606. The number of nitrogens with zero attached hydrogens (tertiary/aromatic N) is 3. The molecule has 0 bridgehead atoms. The number of halogens is 1. The smallest absolute Gasteiger partial charge is 0.239 e. The summed E-state index contributed by atoms with van der Waals surface area (Å²) >= 11 is 6.15. The van der Waals surface area contributed by atoms with Crippen molar-refractivity contribution in [1.29, 1.82) is 0 Å². The van der Waals surface area contributed by atoms with E-state index in [-0.39, 0.29) is 11.8 Å². The molecule has 1 fully saturated rings. The van der Waals surface area contributed by atoms with Crippen molar-refractivity contribution in [2.75, 3.05) is 13.6 Å². The second-order valence-electron chi connectivity index (χ2n) is 5.63. The highest BCUT2D eigenvalue weighted by molar-refractivity contribution is 6.31. The molecule has 116 valence electrons. The highest BCUT2D eigenvalue weighted by atomic mass is 35.5. The van der Waals surface area contributed by atoms with Crippen molar-refractivity contribution in [3.63, 3.8) is 0 Å². The molecule has 1 saturated heterocycles. The minimum atomic E-state index is -0.319. The van der Waals surface area contributed by atoms with Crippen LogP contribution in [0.15, 0.2) is 28.8 Å². The van der Waals surface area contributed by atoms with Crippen molar-refractivity contribution < 1.29 is 9.32 Å². The molecular formula is C16H18ClN3O2. The lowest BCUT2D eigenvalue weighted by Gasteiger charge is -2.16. The Hall–Kier alpha value is -1.88. The summed E-state index contributed by atoms with van der Waals surface area (Å²) in [5.74, 6) is 0.717. The number of likely N-dealkylation sites (N-methyl/N-ethyl adjacent to an activating group) is 1. The van der Waals surface area contributed by atoms with Gasteiger partial charge in [0.25, 0.3) is 0 Å². The van der Waals surface area contributed by atoms with Crippen LogP contribution in [0.5, 0.6) is 0 Å². The number of benzene rings is 1. The molecule has 1 aromatic carbocycles. The Morgan fingerprint density at radius 2 is 2.18 bits per heavy atom. The first-order valence-electron chi connectivity index (χ1n) is 7.46. The van der Waals surface area contributed by atoms with Crippen LogP contribution < -0.4 is 0 Å². The summed E-state index contributed by atoms with van der Waals surface area (Å²) in [7, 11) is 1.82. The fourth-order valence-corrected chi connectivity index (χ4v) is 2.92. The topological polar surface area (TPSA) is 59.2 Å². The average molecular weight is 320 g/mol. The lowest BCUT2D eigenvalue weighted by molar-refractivity contribution is -0.131. The van der Waals surface area contributed by atoms with Gasteiger partial charge in [-0.2, -0.15) is 4.98 Å². The van der Waals surface area contributed by atoms with Crippen molar-refractivity contribution in [3.05, 3.63) is 46.6 Å². The van der Waals surface area contributed by atoms with Gasteiger partial charge in [-0.25, -0.2) is 0 Å². The summed E-state index contributed by atoms with van der Waals surface area (Å²) in [6.45, 7) is 0.788. The molecule has 22 heavy (non-hydrogen) atoms. The third-order valence-electron chi connectivity index (χ3n) is 4.00. The summed E-state index contributed by atoms with van der Waals surface area (Å²) in [6.07, 6.45) is 3.26. The summed E-state index contributed by atoms with van der Waals surface area (Å²) in [4.78, 5) is 18.5. The van der Waals surface area contributed by atoms with E-state index in [9.17, 15) is 4.79 Å². The lowest BCUT2D eigenvalue weighted by Crippen LogP contribution is -2.30. The maximum absolute atomic E-state index is 12.3. The van der Waals surface area contributed by atoms with Crippen LogP contribution in [0.25, 0.3) is 0 Å². The maximum atomic E-state index is 12.3. The molecule has 1 aliphatic heterocycles. The molecule has 2 heterocycles. The molecule has 3 rings (SSSR count). The molecule has 0 radical (unpaired) electrons. The van der Waals surface area contributed by atoms with E-state index in [1.807, 2.05) is 31.3 Å². The Labute approximate surface area is 134 Å². The van der Waals surface area contributed by atoms with Gasteiger partial charge in [0.1, 0.15) is 5.92 Å². The van der Waals surface area contributed by atoms with Gasteiger partial charge in [-0.05, 0) is 24.5 Å². The van der Waals surface area contributed by atoms with E-state index in [1.54, 1.807) is 4.90 Å². The van der Waals surface area contributed by atoms with E-state index < -0.39 is 0 Å². The number of hydrogen-bond donors (Lipinski definition) is 0. The molecule has 0 aliphatic carbocycles. The maximum Gasteiger partial charge on any atom is 0.239 e. The van der Waals surface area contributed by atoms with Crippen LogP contribution in [-0.4, -0.2) is 34.5 Å². The first-order chi connectivity index (χ1) is 10.6. The fourth-order valence-electron chi connectivity index (χ4n) is 2.72. The molecular weight excluding hydrogens is 302 g/mol. The first kappa shape index (κ1) is 15.0. The number of carbonyl (C=O) groups excluding carboxylic acids is 1. The second kappa shape index (κ2) is 6.48. The molecule has 0 spiro atoms. The Morgan fingerprint density at radius 3 is 3.00 bits per heavy atom. The van der Waals surface area contributed by atoms with Gasteiger partial charge in [-0.3, -0.25) is 4.79 Å². The Morgan fingerprint density at radius 1 is 1.36 bits per heavy atom. The Kier molecular flexibility index (Phi) is 4.43. The van der Waals surface area contributed by atoms with Gasteiger partial charge in [0.05, 0.1) is 0 Å². The molecule has 1 atom stereocenters. The van der Waals surface area contributed by atoms with Crippen LogP contribution in [0.2, 0.25) is 5.02 Å². The van der Waals surface area contributed by atoms with Gasteiger partial charge in [-0.1, -0.05) is 41.4 Å². The number of rotatable bonds is 3. The van der Waals surface area contributed by atoms with Crippen molar-refractivity contribution >= 4 is 17.5 Å². The van der Waals surface area contributed by atoms with Gasteiger partial charge in [0.15, 0.2) is 5.82 Å². The number of aromatic nitrogens is 2. The normalized spacial score (nSPS) is 19.3. The second-order valence-corrected chi connectivity index (χ2v) is 6.03. The summed E-state index contributed by atoms with van der Waals surface area (Å²) in [5.41, 5.74) is 0.945. The molecule has 0 saturated carbocycles. The average Bonchev–Trinajstić information content (AvgIpc) is 2.90. The highest BCUT2D eigenvalue weighted by Crippen LogP contribution is 2.26. The van der Waals surface area contributed by atoms with Gasteiger partial charge < -0.3 is 9.42 Å². The monoisotopic (exact) mass is 319 g/mol. The van der Waals surface area contributed by atoms with Crippen molar-refractivity contribution in [2.45, 2.75) is 31.6 Å². The van der Waals surface area contributed by atoms with Crippen LogP contribution in [0, 0.1) is 0 Å². The van der Waals surface area contributed by atoms with Crippen LogP contribution in [0.4, 0.5) is 0 Å². The highest BCUT2D eigenvalue weighted by Gasteiger charge is 2.30. The molecule has 1 aliphatic rings. The minimum Gasteiger partial charge on any atom is -0.345 e. The van der Waals surface area contributed by atoms with Gasteiger partial charge in [0.2, 0.25) is 11.8 Å². The Bertz CT molecular complexity index is 671. The zero-order chi connectivity index (χ0) is 15.5. The van der Waals surface area contributed by atoms with E-state index in [0.29, 0.717) is 23.2 Å². The van der Waals surface area contributed by atoms with Crippen molar-refractivity contribution in [1.82, 2.24) is 15.0 Å². The van der Waals surface area contributed by atoms with E-state index >= 15 is 0 Å². The molecule has 1 amide bonds. The Balaban J connectivity index is 1.78. The van der Waals surface area contributed by atoms with Crippen LogP contribution in [0.1, 0.15) is 42.5 Å².